The fourth-order valence-electron chi connectivity index (χ4n) is 2.32. The van der Waals surface area contributed by atoms with Crippen molar-refractivity contribution in [3.63, 3.8) is 0 Å². The Hall–Kier alpha value is 0.1000. The van der Waals surface area contributed by atoms with E-state index in [0.717, 1.165) is 13.1 Å². The molecule has 0 spiro atoms. The molecule has 96 valence electrons. The molecule has 4 heteroatoms. The Labute approximate surface area is 117 Å². The lowest BCUT2D eigenvalue weighted by Crippen LogP contribution is -2.39. The normalized spacial score (nSPS) is 27.0. The number of hydrogen-bond donors (Lipinski definition) is 1. The standard InChI is InChI=1S/C13H21BrN2S/c1-3-11-8-16(10(2)4-6-15-11)9-13-12(14)5-7-17-13/h5,7,10-11,15H,3-4,6,8-9H2,1-2H3. The Morgan fingerprint density at radius 3 is 3.06 bits per heavy atom. The molecule has 0 bridgehead atoms. The minimum absolute atomic E-state index is 0.652. The summed E-state index contributed by atoms with van der Waals surface area (Å²) >= 11 is 5.48. The molecule has 2 atom stereocenters. The molecule has 0 radical (unpaired) electrons. The van der Waals surface area contributed by atoms with Gasteiger partial charge in [-0.15, -0.1) is 11.3 Å². The van der Waals surface area contributed by atoms with Crippen molar-refractivity contribution in [2.45, 2.75) is 45.3 Å². The van der Waals surface area contributed by atoms with Gasteiger partial charge in [0, 0.05) is 34.5 Å². The summed E-state index contributed by atoms with van der Waals surface area (Å²) in [5, 5.41) is 5.80. The lowest BCUT2D eigenvalue weighted by atomic mass is 10.2. The van der Waals surface area contributed by atoms with Gasteiger partial charge < -0.3 is 5.32 Å². The first-order valence-electron chi connectivity index (χ1n) is 6.40. The van der Waals surface area contributed by atoms with Crippen LogP contribution in [0.3, 0.4) is 0 Å². The summed E-state index contributed by atoms with van der Waals surface area (Å²) in [5.74, 6) is 0. The van der Waals surface area contributed by atoms with Crippen LogP contribution in [0.5, 0.6) is 0 Å². The lowest BCUT2D eigenvalue weighted by molar-refractivity contribution is 0.196. The summed E-state index contributed by atoms with van der Waals surface area (Å²) in [6.07, 6.45) is 2.47. The number of hydrogen-bond acceptors (Lipinski definition) is 3. The van der Waals surface area contributed by atoms with E-state index < -0.39 is 0 Å². The quantitative estimate of drug-likeness (QED) is 0.918. The van der Waals surface area contributed by atoms with Crippen molar-refractivity contribution in [1.29, 1.82) is 0 Å². The zero-order valence-electron chi connectivity index (χ0n) is 10.6. The monoisotopic (exact) mass is 316 g/mol. The Kier molecular flexibility index (Phi) is 5.03. The van der Waals surface area contributed by atoms with Gasteiger partial charge in [0.1, 0.15) is 0 Å². The molecule has 1 aromatic heterocycles. The summed E-state index contributed by atoms with van der Waals surface area (Å²) in [7, 11) is 0. The molecule has 0 saturated carbocycles. The predicted molar refractivity (Wildman–Crippen MR) is 78.6 cm³/mol. The molecule has 1 aromatic rings. The second-order valence-electron chi connectivity index (χ2n) is 4.82. The van der Waals surface area contributed by atoms with Gasteiger partial charge in [-0.3, -0.25) is 4.90 Å². The van der Waals surface area contributed by atoms with Crippen molar-refractivity contribution in [1.82, 2.24) is 10.2 Å². The van der Waals surface area contributed by atoms with Crippen LogP contribution in [0.15, 0.2) is 15.9 Å². The van der Waals surface area contributed by atoms with E-state index in [1.54, 1.807) is 0 Å². The molecule has 2 rings (SSSR count). The summed E-state index contributed by atoms with van der Waals surface area (Å²) in [5.41, 5.74) is 0. The molecule has 1 saturated heterocycles. The highest BCUT2D eigenvalue weighted by Gasteiger charge is 2.22. The van der Waals surface area contributed by atoms with Crippen LogP contribution in [0.2, 0.25) is 0 Å². The largest absolute Gasteiger partial charge is 0.313 e. The maximum atomic E-state index is 3.64. The van der Waals surface area contributed by atoms with Crippen molar-refractivity contribution in [2.75, 3.05) is 13.1 Å². The first kappa shape index (κ1) is 13.5. The lowest BCUT2D eigenvalue weighted by Gasteiger charge is -2.28. The van der Waals surface area contributed by atoms with Crippen molar-refractivity contribution >= 4 is 27.3 Å². The highest BCUT2D eigenvalue weighted by molar-refractivity contribution is 9.10. The molecule has 1 fully saturated rings. The summed E-state index contributed by atoms with van der Waals surface area (Å²) in [4.78, 5) is 4.07. The Morgan fingerprint density at radius 1 is 1.59 bits per heavy atom. The molecule has 1 aliphatic heterocycles. The van der Waals surface area contributed by atoms with Gasteiger partial charge in [-0.25, -0.2) is 0 Å². The molecule has 2 nitrogen and oxygen atoms in total. The van der Waals surface area contributed by atoms with Gasteiger partial charge in [0.25, 0.3) is 0 Å². The molecule has 2 heterocycles. The molecule has 1 N–H and O–H groups in total. The van der Waals surface area contributed by atoms with Gasteiger partial charge in [0.15, 0.2) is 0 Å². The van der Waals surface area contributed by atoms with E-state index in [2.05, 4.69) is 51.4 Å². The predicted octanol–water partition coefficient (Wildman–Crippen LogP) is 3.47. The number of nitrogens with one attached hydrogen (secondary N) is 1. The van der Waals surface area contributed by atoms with E-state index in [4.69, 9.17) is 0 Å². The van der Waals surface area contributed by atoms with Crippen LogP contribution in [0.4, 0.5) is 0 Å². The zero-order chi connectivity index (χ0) is 12.3. The van der Waals surface area contributed by atoms with Crippen LogP contribution < -0.4 is 5.32 Å². The Morgan fingerprint density at radius 2 is 2.41 bits per heavy atom. The molecular weight excluding hydrogens is 296 g/mol. The maximum absolute atomic E-state index is 3.64. The SMILES string of the molecule is CCC1CN(Cc2sccc2Br)C(C)CCN1. The van der Waals surface area contributed by atoms with E-state index in [1.807, 2.05) is 11.3 Å². The van der Waals surface area contributed by atoms with Gasteiger partial charge in [0.05, 0.1) is 0 Å². The first-order chi connectivity index (χ1) is 8.20. The van der Waals surface area contributed by atoms with Gasteiger partial charge in [-0.05, 0) is 53.7 Å². The van der Waals surface area contributed by atoms with Crippen LogP contribution in [0, 0.1) is 0 Å². The fraction of sp³-hybridized carbons (Fsp3) is 0.692. The van der Waals surface area contributed by atoms with E-state index in [0.29, 0.717) is 12.1 Å². The van der Waals surface area contributed by atoms with E-state index in [1.165, 1.54) is 28.7 Å². The minimum atomic E-state index is 0.652. The van der Waals surface area contributed by atoms with Gasteiger partial charge in [-0.2, -0.15) is 0 Å². The molecule has 17 heavy (non-hydrogen) atoms. The minimum Gasteiger partial charge on any atom is -0.313 e. The molecule has 2 unspecified atom stereocenters. The number of rotatable bonds is 3. The molecular formula is C13H21BrN2S. The average Bonchev–Trinajstić information content (AvgIpc) is 2.62. The average molecular weight is 317 g/mol. The molecule has 0 aromatic carbocycles. The highest BCUT2D eigenvalue weighted by atomic mass is 79.9. The highest BCUT2D eigenvalue weighted by Crippen LogP contribution is 2.26. The summed E-state index contributed by atoms with van der Waals surface area (Å²) in [6.45, 7) is 8.02. The zero-order valence-corrected chi connectivity index (χ0v) is 13.0. The fourth-order valence-corrected chi connectivity index (χ4v) is 3.82. The third-order valence-corrected chi connectivity index (χ3v) is 5.52. The van der Waals surface area contributed by atoms with Crippen LogP contribution in [0.25, 0.3) is 0 Å². The summed E-state index contributed by atoms with van der Waals surface area (Å²) < 4.78 is 1.26. The smallest absolute Gasteiger partial charge is 0.0342 e. The molecule has 0 aliphatic carbocycles. The Balaban J connectivity index is 2.03. The van der Waals surface area contributed by atoms with Crippen molar-refractivity contribution in [3.8, 4) is 0 Å². The second kappa shape index (κ2) is 6.32. The van der Waals surface area contributed by atoms with E-state index in [9.17, 15) is 0 Å². The third kappa shape index (κ3) is 3.53. The van der Waals surface area contributed by atoms with Crippen LogP contribution in [0.1, 0.15) is 31.6 Å². The van der Waals surface area contributed by atoms with Crippen LogP contribution >= 0.6 is 27.3 Å². The van der Waals surface area contributed by atoms with Crippen LogP contribution in [-0.2, 0) is 6.54 Å². The number of halogens is 1. The van der Waals surface area contributed by atoms with Gasteiger partial charge in [0.2, 0.25) is 0 Å². The molecule has 0 amide bonds. The van der Waals surface area contributed by atoms with Crippen molar-refractivity contribution in [2.24, 2.45) is 0 Å². The van der Waals surface area contributed by atoms with E-state index >= 15 is 0 Å². The third-order valence-electron chi connectivity index (χ3n) is 3.60. The topological polar surface area (TPSA) is 15.3 Å². The summed E-state index contributed by atoms with van der Waals surface area (Å²) in [6, 6.07) is 3.48. The van der Waals surface area contributed by atoms with Crippen molar-refractivity contribution < 1.29 is 0 Å². The Bertz CT molecular complexity index is 353. The maximum Gasteiger partial charge on any atom is 0.0342 e. The van der Waals surface area contributed by atoms with Gasteiger partial charge >= 0.3 is 0 Å². The van der Waals surface area contributed by atoms with Crippen molar-refractivity contribution in [3.05, 3.63) is 20.8 Å². The van der Waals surface area contributed by atoms with Gasteiger partial charge in [-0.1, -0.05) is 6.92 Å². The van der Waals surface area contributed by atoms with Crippen LogP contribution in [-0.4, -0.2) is 30.1 Å². The first-order valence-corrected chi connectivity index (χ1v) is 8.07. The number of thiophene rings is 1. The van der Waals surface area contributed by atoms with E-state index in [-0.39, 0.29) is 0 Å². The second-order valence-corrected chi connectivity index (χ2v) is 6.67. The number of nitrogens with zero attached hydrogens (tertiary/aromatic N) is 1. The molecule has 1 aliphatic rings.